The largest absolute Gasteiger partial charge is 0.481 e. The molecule has 1 heterocycles. The van der Waals surface area contributed by atoms with Crippen LogP contribution in [0.1, 0.15) is 18.9 Å². The summed E-state index contributed by atoms with van der Waals surface area (Å²) in [6.45, 7) is 2.01. The van der Waals surface area contributed by atoms with Crippen molar-refractivity contribution in [3.8, 4) is 23.6 Å². The lowest BCUT2D eigenvalue weighted by atomic mass is 10.2. The smallest absolute Gasteiger partial charge is 0.232 e. The van der Waals surface area contributed by atoms with E-state index in [9.17, 15) is 4.79 Å². The van der Waals surface area contributed by atoms with Crippen molar-refractivity contribution in [2.45, 2.75) is 13.3 Å². The molecular formula is C13H16N2O3. The van der Waals surface area contributed by atoms with Crippen molar-refractivity contribution in [2.75, 3.05) is 20.8 Å². The van der Waals surface area contributed by atoms with Crippen molar-refractivity contribution in [3.63, 3.8) is 0 Å². The third-order valence-electron chi connectivity index (χ3n) is 2.08. The maximum atomic E-state index is 10.6. The number of nitrogens with one attached hydrogen (secondary N) is 1. The van der Waals surface area contributed by atoms with E-state index in [0.717, 1.165) is 0 Å². The van der Waals surface area contributed by atoms with Gasteiger partial charge in [0.25, 0.3) is 0 Å². The number of aromatic nitrogens is 1. The molecule has 1 rings (SSSR count). The van der Waals surface area contributed by atoms with Gasteiger partial charge >= 0.3 is 0 Å². The standard InChI is InChI=1S/C13H16N2O3/c1-10(16)14-9-5-4-6-11-7-8-12(17-2)15-13(11)18-3/h7-8H,5,9H2,1-3H3,(H,14,16). The zero-order chi connectivity index (χ0) is 13.4. The number of methoxy groups -OCH3 is 2. The minimum absolute atomic E-state index is 0.0551. The van der Waals surface area contributed by atoms with E-state index in [0.29, 0.717) is 30.3 Å². The molecule has 0 atom stereocenters. The minimum atomic E-state index is -0.0551. The van der Waals surface area contributed by atoms with Crippen LogP contribution in [-0.4, -0.2) is 31.7 Å². The minimum Gasteiger partial charge on any atom is -0.481 e. The van der Waals surface area contributed by atoms with Gasteiger partial charge in [-0.3, -0.25) is 4.79 Å². The van der Waals surface area contributed by atoms with Gasteiger partial charge in [0.15, 0.2) is 0 Å². The molecule has 5 heteroatoms. The molecule has 18 heavy (non-hydrogen) atoms. The van der Waals surface area contributed by atoms with Gasteiger partial charge in [0, 0.05) is 26.0 Å². The first-order valence-corrected chi connectivity index (χ1v) is 5.49. The molecule has 0 aromatic carbocycles. The molecule has 5 nitrogen and oxygen atoms in total. The lowest BCUT2D eigenvalue weighted by Gasteiger charge is -2.04. The van der Waals surface area contributed by atoms with Gasteiger partial charge in [0.05, 0.1) is 19.8 Å². The van der Waals surface area contributed by atoms with Crippen molar-refractivity contribution >= 4 is 5.91 Å². The Bertz CT molecular complexity index is 475. The second-order valence-electron chi connectivity index (χ2n) is 3.45. The highest BCUT2D eigenvalue weighted by atomic mass is 16.5. The van der Waals surface area contributed by atoms with Crippen molar-refractivity contribution in [2.24, 2.45) is 0 Å². The van der Waals surface area contributed by atoms with Crippen LogP contribution < -0.4 is 14.8 Å². The summed E-state index contributed by atoms with van der Waals surface area (Å²) in [7, 11) is 3.07. The molecule has 1 aromatic rings. The van der Waals surface area contributed by atoms with Gasteiger partial charge in [-0.05, 0) is 6.07 Å². The first kappa shape index (κ1) is 13.8. The summed E-state index contributed by atoms with van der Waals surface area (Å²) >= 11 is 0. The molecule has 96 valence electrons. The summed E-state index contributed by atoms with van der Waals surface area (Å²) in [5.41, 5.74) is 0.695. The van der Waals surface area contributed by atoms with Crippen LogP contribution >= 0.6 is 0 Å². The van der Waals surface area contributed by atoms with E-state index in [2.05, 4.69) is 22.1 Å². The van der Waals surface area contributed by atoms with Gasteiger partial charge in [-0.1, -0.05) is 11.8 Å². The molecule has 1 N–H and O–H groups in total. The zero-order valence-corrected chi connectivity index (χ0v) is 10.7. The van der Waals surface area contributed by atoms with E-state index in [1.807, 2.05) is 0 Å². The number of rotatable bonds is 4. The normalized spacial score (nSPS) is 9.06. The van der Waals surface area contributed by atoms with Crippen LogP contribution in [0.15, 0.2) is 12.1 Å². The van der Waals surface area contributed by atoms with Crippen molar-refractivity contribution in [3.05, 3.63) is 17.7 Å². The van der Waals surface area contributed by atoms with Crippen molar-refractivity contribution in [1.82, 2.24) is 10.3 Å². The van der Waals surface area contributed by atoms with Crippen LogP contribution in [0.25, 0.3) is 0 Å². The lowest BCUT2D eigenvalue weighted by Crippen LogP contribution is -2.20. The average Bonchev–Trinajstić information content (AvgIpc) is 2.38. The van der Waals surface area contributed by atoms with E-state index in [1.54, 1.807) is 19.2 Å². The molecule has 1 aromatic heterocycles. The molecule has 0 aliphatic rings. The zero-order valence-electron chi connectivity index (χ0n) is 10.7. The molecule has 0 unspecified atom stereocenters. The van der Waals surface area contributed by atoms with Crippen LogP contribution in [0.3, 0.4) is 0 Å². The summed E-state index contributed by atoms with van der Waals surface area (Å²) in [6, 6.07) is 3.51. The fourth-order valence-electron chi connectivity index (χ4n) is 1.25. The number of ether oxygens (including phenoxy) is 2. The van der Waals surface area contributed by atoms with E-state index < -0.39 is 0 Å². The molecule has 0 aliphatic carbocycles. The van der Waals surface area contributed by atoms with Gasteiger partial charge in [-0.15, -0.1) is 0 Å². The van der Waals surface area contributed by atoms with Gasteiger partial charge in [0.2, 0.25) is 17.7 Å². The summed E-state index contributed by atoms with van der Waals surface area (Å²) in [6.07, 6.45) is 0.578. The molecule has 0 bridgehead atoms. The van der Waals surface area contributed by atoms with E-state index in [-0.39, 0.29) is 5.91 Å². The molecule has 0 saturated carbocycles. The van der Waals surface area contributed by atoms with Crippen LogP contribution in [0, 0.1) is 11.8 Å². The highest BCUT2D eigenvalue weighted by Gasteiger charge is 2.03. The van der Waals surface area contributed by atoms with Gasteiger partial charge in [-0.2, -0.15) is 4.98 Å². The quantitative estimate of drug-likeness (QED) is 0.637. The highest BCUT2D eigenvalue weighted by Crippen LogP contribution is 2.18. The monoisotopic (exact) mass is 248 g/mol. The van der Waals surface area contributed by atoms with Crippen LogP contribution in [0.4, 0.5) is 0 Å². The number of carbonyl (C=O) groups is 1. The molecule has 0 fully saturated rings. The van der Waals surface area contributed by atoms with E-state index >= 15 is 0 Å². The van der Waals surface area contributed by atoms with Crippen molar-refractivity contribution in [1.29, 1.82) is 0 Å². The number of pyridine rings is 1. The number of nitrogens with zero attached hydrogens (tertiary/aromatic N) is 1. The maximum Gasteiger partial charge on any atom is 0.232 e. The van der Waals surface area contributed by atoms with Crippen molar-refractivity contribution < 1.29 is 14.3 Å². The first-order chi connectivity index (χ1) is 8.67. The number of amides is 1. The molecule has 0 aliphatic heterocycles. The SMILES string of the molecule is COc1ccc(C#CCCNC(C)=O)c(OC)n1. The Morgan fingerprint density at radius 2 is 2.17 bits per heavy atom. The Balaban J connectivity index is 2.66. The molecule has 1 amide bonds. The summed E-state index contributed by atoms with van der Waals surface area (Å²) < 4.78 is 10.1. The number of carbonyl (C=O) groups excluding carboxylic acids is 1. The Morgan fingerprint density at radius 1 is 1.39 bits per heavy atom. The van der Waals surface area contributed by atoms with Gasteiger partial charge in [-0.25, -0.2) is 0 Å². The summed E-state index contributed by atoms with van der Waals surface area (Å²) in [5, 5.41) is 2.67. The van der Waals surface area contributed by atoms with Gasteiger partial charge in [0.1, 0.15) is 0 Å². The highest BCUT2D eigenvalue weighted by molar-refractivity contribution is 5.72. The topological polar surface area (TPSA) is 60.5 Å². The molecule has 0 spiro atoms. The van der Waals surface area contributed by atoms with E-state index in [1.165, 1.54) is 14.0 Å². The maximum absolute atomic E-state index is 10.6. The number of hydrogen-bond acceptors (Lipinski definition) is 4. The second-order valence-corrected chi connectivity index (χ2v) is 3.45. The van der Waals surface area contributed by atoms with Crippen LogP contribution in [0.5, 0.6) is 11.8 Å². The second kappa shape index (κ2) is 7.17. The Hall–Kier alpha value is -2.22. The van der Waals surface area contributed by atoms with Crippen LogP contribution in [-0.2, 0) is 4.79 Å². The predicted octanol–water partition coefficient (Wildman–Crippen LogP) is 0.976. The number of hydrogen-bond donors (Lipinski definition) is 1. The van der Waals surface area contributed by atoms with Gasteiger partial charge < -0.3 is 14.8 Å². The summed E-state index contributed by atoms with van der Waals surface area (Å²) in [4.78, 5) is 14.8. The van der Waals surface area contributed by atoms with Crippen LogP contribution in [0.2, 0.25) is 0 Å². The summed E-state index contributed by atoms with van der Waals surface area (Å²) in [5.74, 6) is 6.75. The fraction of sp³-hybridized carbons (Fsp3) is 0.385. The lowest BCUT2D eigenvalue weighted by molar-refractivity contribution is -0.118. The first-order valence-electron chi connectivity index (χ1n) is 5.49. The Kier molecular flexibility index (Phi) is 5.52. The molecule has 0 radical (unpaired) electrons. The van der Waals surface area contributed by atoms with E-state index in [4.69, 9.17) is 9.47 Å². The molecule has 0 saturated heterocycles. The Labute approximate surface area is 107 Å². The predicted molar refractivity (Wildman–Crippen MR) is 67.5 cm³/mol. The third-order valence-corrected chi connectivity index (χ3v) is 2.08. The Morgan fingerprint density at radius 3 is 2.78 bits per heavy atom. The average molecular weight is 248 g/mol. The fourth-order valence-corrected chi connectivity index (χ4v) is 1.25. The third kappa shape index (κ3) is 4.34. The molecular weight excluding hydrogens is 232 g/mol.